The van der Waals surface area contributed by atoms with E-state index in [1.54, 1.807) is 26.0 Å². The second-order valence-electron chi connectivity index (χ2n) is 5.11. The molecule has 0 heterocycles. The van der Waals surface area contributed by atoms with Crippen LogP contribution >= 0.6 is 8.53 Å². The lowest BCUT2D eigenvalue weighted by Gasteiger charge is -2.21. The lowest BCUT2D eigenvalue weighted by atomic mass is 10.3. The molecule has 0 aliphatic carbocycles. The topological polar surface area (TPSA) is 99.9 Å². The molecule has 26 heavy (non-hydrogen) atoms. The van der Waals surface area contributed by atoms with Crippen molar-refractivity contribution in [2.45, 2.75) is 19.9 Å². The average Bonchev–Trinajstić information content (AvgIpc) is 2.63. The third kappa shape index (κ3) is 5.98. The molecule has 9 heteroatoms. The van der Waals surface area contributed by atoms with E-state index in [-0.39, 0.29) is 12.3 Å². The smallest absolute Gasteiger partial charge is 0.382 e. The summed E-state index contributed by atoms with van der Waals surface area (Å²) in [6.07, 6.45) is 0. The number of non-ortho nitro benzene ring substituents is 1. The van der Waals surface area contributed by atoms with Gasteiger partial charge in [-0.3, -0.25) is 14.9 Å². The van der Waals surface area contributed by atoms with E-state index in [4.69, 9.17) is 13.8 Å². The zero-order valence-corrected chi connectivity index (χ0v) is 15.2. The highest BCUT2D eigenvalue weighted by Crippen LogP contribution is 2.37. The van der Waals surface area contributed by atoms with Crippen molar-refractivity contribution in [2.24, 2.45) is 0 Å². The van der Waals surface area contributed by atoms with Gasteiger partial charge in [-0.15, -0.1) is 0 Å². The molecule has 0 saturated heterocycles. The van der Waals surface area contributed by atoms with E-state index in [0.717, 1.165) is 0 Å². The summed E-state index contributed by atoms with van der Waals surface area (Å²) < 4.78 is 16.5. The molecule has 8 nitrogen and oxygen atoms in total. The number of esters is 1. The zero-order valence-electron chi connectivity index (χ0n) is 14.3. The molecule has 0 aromatic heterocycles. The first-order valence-corrected chi connectivity index (χ1v) is 9.05. The number of nitrogens with zero attached hydrogens (tertiary/aromatic N) is 1. The number of carbonyl (C=O) groups excluding carboxylic acids is 1. The van der Waals surface area contributed by atoms with Gasteiger partial charge in [0.2, 0.25) is 0 Å². The largest absolute Gasteiger partial charge is 0.465 e. The number of hydrogen-bond donors (Lipinski definition) is 1. The van der Waals surface area contributed by atoms with E-state index < -0.39 is 25.5 Å². The van der Waals surface area contributed by atoms with Crippen LogP contribution in [0.25, 0.3) is 0 Å². The minimum Gasteiger partial charge on any atom is -0.465 e. The van der Waals surface area contributed by atoms with E-state index in [2.05, 4.69) is 5.09 Å². The van der Waals surface area contributed by atoms with Crippen LogP contribution in [0.15, 0.2) is 54.6 Å². The standard InChI is InChI=1S/C17H19N2O6P/c1-3-23-17(20)13(2)18-26(24-15-7-5-4-6-8-15)25-16-11-9-14(10-12-16)19(21)22/h4-13,18H,3H2,1-2H3. The van der Waals surface area contributed by atoms with Crippen molar-refractivity contribution in [1.82, 2.24) is 5.09 Å². The molecule has 2 rings (SSSR count). The number of para-hydroxylation sites is 1. The summed E-state index contributed by atoms with van der Waals surface area (Å²) in [7, 11) is -1.74. The Hall–Kier alpha value is -2.70. The van der Waals surface area contributed by atoms with Crippen molar-refractivity contribution in [1.29, 1.82) is 0 Å². The Morgan fingerprint density at radius 1 is 1.12 bits per heavy atom. The minimum absolute atomic E-state index is 0.0430. The van der Waals surface area contributed by atoms with Crippen LogP contribution in [-0.2, 0) is 9.53 Å². The molecular formula is C17H19N2O6P. The predicted octanol–water partition coefficient (Wildman–Crippen LogP) is 3.82. The Bertz CT molecular complexity index is 726. The predicted molar refractivity (Wildman–Crippen MR) is 96.9 cm³/mol. The van der Waals surface area contributed by atoms with Gasteiger partial charge in [-0.25, -0.2) is 5.09 Å². The number of ether oxygens (including phenoxy) is 1. The molecule has 0 spiro atoms. The second-order valence-corrected chi connectivity index (χ2v) is 6.24. The van der Waals surface area contributed by atoms with Gasteiger partial charge in [-0.1, -0.05) is 18.2 Å². The third-order valence-electron chi connectivity index (χ3n) is 3.11. The molecule has 1 N–H and O–H groups in total. The molecule has 0 bridgehead atoms. The molecule has 2 aromatic rings. The maximum Gasteiger partial charge on any atom is 0.382 e. The van der Waals surface area contributed by atoms with Crippen molar-refractivity contribution >= 4 is 20.2 Å². The van der Waals surface area contributed by atoms with E-state index in [1.807, 2.05) is 18.2 Å². The van der Waals surface area contributed by atoms with Crippen molar-refractivity contribution < 1.29 is 23.5 Å². The van der Waals surface area contributed by atoms with Gasteiger partial charge in [0.1, 0.15) is 17.5 Å². The first-order valence-electron chi connectivity index (χ1n) is 7.88. The van der Waals surface area contributed by atoms with E-state index in [9.17, 15) is 14.9 Å². The molecule has 0 fully saturated rings. The van der Waals surface area contributed by atoms with E-state index >= 15 is 0 Å². The summed E-state index contributed by atoms with van der Waals surface area (Å²) in [5.41, 5.74) is -0.0430. The summed E-state index contributed by atoms with van der Waals surface area (Å²) in [5.74, 6) is 0.509. The van der Waals surface area contributed by atoms with Crippen LogP contribution in [0.1, 0.15) is 13.8 Å². The zero-order chi connectivity index (χ0) is 18.9. The molecule has 0 amide bonds. The fourth-order valence-electron chi connectivity index (χ4n) is 1.85. The first kappa shape index (κ1) is 19.6. The summed E-state index contributed by atoms with van der Waals surface area (Å²) >= 11 is 0. The first-order chi connectivity index (χ1) is 12.5. The van der Waals surface area contributed by atoms with Gasteiger partial charge in [0.15, 0.2) is 0 Å². The molecule has 2 atom stereocenters. The van der Waals surface area contributed by atoms with Gasteiger partial charge in [0.05, 0.1) is 11.5 Å². The molecule has 0 saturated carbocycles. The van der Waals surface area contributed by atoms with Gasteiger partial charge < -0.3 is 13.8 Å². The normalized spacial score (nSPS) is 12.7. The second kappa shape index (κ2) is 9.70. The van der Waals surface area contributed by atoms with Gasteiger partial charge in [-0.05, 0) is 38.1 Å². The maximum absolute atomic E-state index is 11.8. The number of carbonyl (C=O) groups is 1. The number of rotatable bonds is 9. The highest BCUT2D eigenvalue weighted by Gasteiger charge is 2.24. The third-order valence-corrected chi connectivity index (χ3v) is 4.46. The molecule has 2 unspecified atom stereocenters. The molecule has 0 aliphatic heterocycles. The van der Waals surface area contributed by atoms with Crippen molar-refractivity contribution in [3.8, 4) is 11.5 Å². The van der Waals surface area contributed by atoms with E-state index in [0.29, 0.717) is 11.5 Å². The summed E-state index contributed by atoms with van der Waals surface area (Å²) in [5, 5.41) is 13.7. The highest BCUT2D eigenvalue weighted by molar-refractivity contribution is 7.45. The molecular weight excluding hydrogens is 359 g/mol. The highest BCUT2D eigenvalue weighted by atomic mass is 31.2. The Morgan fingerprint density at radius 2 is 1.69 bits per heavy atom. The number of benzene rings is 2. The number of nitro groups is 1. The SMILES string of the molecule is CCOC(=O)C(C)NP(Oc1ccccc1)Oc1ccc([N+](=O)[O-])cc1. The summed E-state index contributed by atoms with van der Waals surface area (Å²) in [6, 6.07) is 13.9. The summed E-state index contributed by atoms with van der Waals surface area (Å²) in [4.78, 5) is 22.1. The maximum atomic E-state index is 11.8. The van der Waals surface area contributed by atoms with Gasteiger partial charge in [-0.2, -0.15) is 0 Å². The van der Waals surface area contributed by atoms with Crippen LogP contribution in [0.5, 0.6) is 11.5 Å². The van der Waals surface area contributed by atoms with Gasteiger partial charge in [0.25, 0.3) is 5.69 Å². The fourth-order valence-corrected chi connectivity index (χ4v) is 3.04. The number of nitro benzene ring substituents is 1. The van der Waals surface area contributed by atoms with Crippen LogP contribution in [0.3, 0.4) is 0 Å². The van der Waals surface area contributed by atoms with Crippen LogP contribution in [0.2, 0.25) is 0 Å². The molecule has 2 aromatic carbocycles. The Kier molecular flexibility index (Phi) is 7.32. The van der Waals surface area contributed by atoms with Crippen LogP contribution in [0, 0.1) is 10.1 Å². The van der Waals surface area contributed by atoms with Crippen LogP contribution in [0.4, 0.5) is 5.69 Å². The fraction of sp³-hybridized carbons (Fsp3) is 0.235. The van der Waals surface area contributed by atoms with Crippen molar-refractivity contribution in [2.75, 3.05) is 6.61 Å². The Labute approximate surface area is 152 Å². The molecule has 0 radical (unpaired) electrons. The molecule has 0 aliphatic rings. The lowest BCUT2D eigenvalue weighted by molar-refractivity contribution is -0.384. The number of nitrogens with one attached hydrogen (secondary N) is 1. The van der Waals surface area contributed by atoms with Gasteiger partial charge in [0, 0.05) is 12.1 Å². The lowest BCUT2D eigenvalue weighted by Crippen LogP contribution is -2.34. The van der Waals surface area contributed by atoms with Crippen molar-refractivity contribution in [3.63, 3.8) is 0 Å². The minimum atomic E-state index is -1.74. The monoisotopic (exact) mass is 378 g/mol. The van der Waals surface area contributed by atoms with Crippen LogP contribution < -0.4 is 14.1 Å². The summed E-state index contributed by atoms with van der Waals surface area (Å²) in [6.45, 7) is 3.63. The number of hydrogen-bond acceptors (Lipinski definition) is 7. The average molecular weight is 378 g/mol. The van der Waals surface area contributed by atoms with E-state index in [1.165, 1.54) is 24.3 Å². The Morgan fingerprint density at radius 3 is 2.23 bits per heavy atom. The van der Waals surface area contributed by atoms with Gasteiger partial charge >= 0.3 is 14.5 Å². The van der Waals surface area contributed by atoms with Crippen LogP contribution in [-0.4, -0.2) is 23.5 Å². The Balaban J connectivity index is 2.11. The van der Waals surface area contributed by atoms with Crippen molar-refractivity contribution in [3.05, 3.63) is 64.7 Å². The quantitative estimate of drug-likeness (QED) is 0.306. The molecule has 138 valence electrons.